The van der Waals surface area contributed by atoms with Crippen LogP contribution in [0.5, 0.6) is 5.75 Å². The van der Waals surface area contributed by atoms with Gasteiger partial charge in [-0.1, -0.05) is 0 Å². The molecule has 2 rings (SSSR count). The van der Waals surface area contributed by atoms with Crippen LogP contribution in [0.15, 0.2) is 46.1 Å². The molecule has 27 heavy (non-hydrogen) atoms. The maximum Gasteiger partial charge on any atom is 0.269 e. The molecule has 0 aliphatic rings. The Kier molecular flexibility index (Phi) is 10.7. The lowest BCUT2D eigenvalue weighted by atomic mass is 10.3. The molecule has 2 aromatic rings. The quantitative estimate of drug-likeness (QED) is 0.159. The van der Waals surface area contributed by atoms with E-state index in [4.69, 9.17) is 4.74 Å². The number of hydrogen-bond donors (Lipinski definition) is 3. The highest BCUT2D eigenvalue weighted by molar-refractivity contribution is 14.0. The van der Waals surface area contributed by atoms with Crippen LogP contribution in [0, 0.1) is 10.1 Å². The first-order chi connectivity index (χ1) is 12.6. The maximum absolute atomic E-state index is 10.6. The van der Waals surface area contributed by atoms with Gasteiger partial charge in [-0.3, -0.25) is 10.1 Å². The SMILES string of the molecule is CCNC(=NCc1ccsc1)NCC(O)COc1ccc([N+](=O)[O-])cc1.I. The number of aliphatic hydroxyl groups excluding tert-OH is 1. The predicted octanol–water partition coefficient (Wildman–Crippen LogP) is 2.77. The second kappa shape index (κ2) is 12.5. The molecule has 0 spiro atoms. The number of non-ortho nitro benzene ring substituents is 1. The minimum atomic E-state index is -0.754. The Hall–Kier alpha value is -1.92. The zero-order valence-corrected chi connectivity index (χ0v) is 18.0. The number of nitro benzene ring substituents is 1. The molecule has 1 aromatic carbocycles. The molecule has 8 nitrogen and oxygen atoms in total. The number of halogens is 1. The number of nitrogens with zero attached hydrogens (tertiary/aromatic N) is 2. The van der Waals surface area contributed by atoms with Crippen LogP contribution in [0.2, 0.25) is 0 Å². The average Bonchev–Trinajstić information content (AvgIpc) is 3.16. The Balaban J connectivity index is 0.00000364. The first-order valence-corrected chi connectivity index (χ1v) is 9.11. The zero-order valence-electron chi connectivity index (χ0n) is 14.8. The summed E-state index contributed by atoms with van der Waals surface area (Å²) >= 11 is 1.63. The monoisotopic (exact) mass is 506 g/mol. The normalized spacial score (nSPS) is 12.0. The van der Waals surface area contributed by atoms with Crippen molar-refractivity contribution < 1.29 is 14.8 Å². The van der Waals surface area contributed by atoms with Gasteiger partial charge in [0.25, 0.3) is 5.69 Å². The minimum absolute atomic E-state index is 0. The van der Waals surface area contributed by atoms with Crippen LogP contribution >= 0.6 is 35.3 Å². The lowest BCUT2D eigenvalue weighted by molar-refractivity contribution is -0.384. The summed E-state index contributed by atoms with van der Waals surface area (Å²) in [5.74, 6) is 1.08. The summed E-state index contributed by atoms with van der Waals surface area (Å²) in [6, 6.07) is 7.75. The number of nitro groups is 1. The highest BCUT2D eigenvalue weighted by Gasteiger charge is 2.09. The third kappa shape index (κ3) is 8.54. The molecule has 10 heteroatoms. The number of hydrogen-bond acceptors (Lipinski definition) is 6. The third-order valence-electron chi connectivity index (χ3n) is 3.34. The number of thiophene rings is 1. The van der Waals surface area contributed by atoms with Gasteiger partial charge in [0.05, 0.1) is 11.5 Å². The number of nitrogens with one attached hydrogen (secondary N) is 2. The van der Waals surface area contributed by atoms with Crippen LogP contribution in [0.3, 0.4) is 0 Å². The molecular formula is C17H23IN4O4S. The van der Waals surface area contributed by atoms with Gasteiger partial charge in [-0.2, -0.15) is 11.3 Å². The van der Waals surface area contributed by atoms with Crippen LogP contribution in [0.4, 0.5) is 5.69 Å². The first-order valence-electron chi connectivity index (χ1n) is 8.17. The van der Waals surface area contributed by atoms with E-state index in [-0.39, 0.29) is 42.8 Å². The van der Waals surface area contributed by atoms with Gasteiger partial charge in [0.1, 0.15) is 18.5 Å². The van der Waals surface area contributed by atoms with Gasteiger partial charge in [-0.15, -0.1) is 24.0 Å². The smallest absolute Gasteiger partial charge is 0.269 e. The molecule has 3 N–H and O–H groups in total. The van der Waals surface area contributed by atoms with Gasteiger partial charge in [0, 0.05) is 25.2 Å². The van der Waals surface area contributed by atoms with Crippen molar-refractivity contribution >= 4 is 47.0 Å². The van der Waals surface area contributed by atoms with Crippen molar-refractivity contribution in [3.05, 3.63) is 56.8 Å². The summed E-state index contributed by atoms with van der Waals surface area (Å²) in [7, 11) is 0. The molecule has 0 bridgehead atoms. The van der Waals surface area contributed by atoms with E-state index in [0.717, 1.165) is 5.56 Å². The van der Waals surface area contributed by atoms with E-state index in [2.05, 4.69) is 15.6 Å². The average molecular weight is 506 g/mol. The van der Waals surface area contributed by atoms with Crippen molar-refractivity contribution in [2.24, 2.45) is 4.99 Å². The van der Waals surface area contributed by atoms with Gasteiger partial charge in [0.2, 0.25) is 0 Å². The zero-order chi connectivity index (χ0) is 18.8. The van der Waals surface area contributed by atoms with E-state index in [1.54, 1.807) is 11.3 Å². The molecule has 1 aromatic heterocycles. The van der Waals surface area contributed by atoms with Crippen molar-refractivity contribution in [2.45, 2.75) is 19.6 Å². The van der Waals surface area contributed by atoms with E-state index < -0.39 is 11.0 Å². The van der Waals surface area contributed by atoms with Gasteiger partial charge in [0.15, 0.2) is 5.96 Å². The summed E-state index contributed by atoms with van der Waals surface area (Å²) < 4.78 is 5.44. The van der Waals surface area contributed by atoms with Crippen LogP contribution in [0.25, 0.3) is 0 Å². The van der Waals surface area contributed by atoms with Crippen molar-refractivity contribution in [2.75, 3.05) is 19.7 Å². The van der Waals surface area contributed by atoms with Crippen molar-refractivity contribution in [3.63, 3.8) is 0 Å². The summed E-state index contributed by atoms with van der Waals surface area (Å²) in [6.07, 6.45) is -0.754. The van der Waals surface area contributed by atoms with E-state index >= 15 is 0 Å². The Morgan fingerprint density at radius 1 is 1.33 bits per heavy atom. The number of benzene rings is 1. The number of rotatable bonds is 9. The van der Waals surface area contributed by atoms with Crippen molar-refractivity contribution in [1.29, 1.82) is 0 Å². The molecule has 0 amide bonds. The van der Waals surface area contributed by atoms with Gasteiger partial charge in [-0.05, 0) is 41.4 Å². The van der Waals surface area contributed by atoms with Crippen LogP contribution in [-0.4, -0.2) is 41.8 Å². The summed E-state index contributed by atoms with van der Waals surface area (Å²) in [4.78, 5) is 14.6. The standard InChI is InChI=1S/C17H22N4O4S.HI/c1-2-18-17(19-9-13-7-8-26-12-13)20-10-15(22)11-25-16-5-3-14(4-6-16)21(23)24;/h3-8,12,15,22H,2,9-11H2,1H3,(H2,18,19,20);1H. The Labute approximate surface area is 178 Å². The molecule has 0 saturated heterocycles. The summed E-state index contributed by atoms with van der Waals surface area (Å²) in [5, 5.41) is 30.9. The maximum atomic E-state index is 10.6. The molecular weight excluding hydrogens is 483 g/mol. The van der Waals surface area contributed by atoms with Crippen LogP contribution < -0.4 is 15.4 Å². The second-order valence-electron chi connectivity index (χ2n) is 5.42. The molecule has 0 aliphatic carbocycles. The molecule has 148 valence electrons. The number of aliphatic hydroxyl groups is 1. The molecule has 0 fully saturated rings. The molecule has 1 atom stereocenters. The molecule has 0 aliphatic heterocycles. The summed E-state index contributed by atoms with van der Waals surface area (Å²) in [5.41, 5.74) is 1.13. The van der Waals surface area contributed by atoms with Gasteiger partial charge >= 0.3 is 0 Å². The Morgan fingerprint density at radius 3 is 2.67 bits per heavy atom. The van der Waals surface area contributed by atoms with Crippen LogP contribution in [0.1, 0.15) is 12.5 Å². The minimum Gasteiger partial charge on any atom is -0.491 e. The van der Waals surface area contributed by atoms with Gasteiger partial charge < -0.3 is 20.5 Å². The fraction of sp³-hybridized carbons (Fsp3) is 0.353. The molecule has 0 saturated carbocycles. The lowest BCUT2D eigenvalue weighted by Crippen LogP contribution is -2.42. The third-order valence-corrected chi connectivity index (χ3v) is 4.07. The van der Waals surface area contributed by atoms with Crippen molar-refractivity contribution in [1.82, 2.24) is 10.6 Å². The van der Waals surface area contributed by atoms with E-state index in [9.17, 15) is 15.2 Å². The summed E-state index contributed by atoms with van der Waals surface area (Å²) in [6.45, 7) is 3.58. The topological polar surface area (TPSA) is 109 Å². The fourth-order valence-electron chi connectivity index (χ4n) is 2.02. The number of guanidine groups is 1. The second-order valence-corrected chi connectivity index (χ2v) is 6.20. The fourth-order valence-corrected chi connectivity index (χ4v) is 2.68. The first kappa shape index (κ1) is 23.1. The molecule has 1 unspecified atom stereocenters. The number of ether oxygens (including phenoxy) is 1. The van der Waals surface area contributed by atoms with E-state index in [1.807, 2.05) is 23.8 Å². The van der Waals surface area contributed by atoms with E-state index in [1.165, 1.54) is 24.3 Å². The highest BCUT2D eigenvalue weighted by Crippen LogP contribution is 2.17. The Morgan fingerprint density at radius 2 is 2.07 bits per heavy atom. The predicted molar refractivity (Wildman–Crippen MR) is 117 cm³/mol. The molecule has 0 radical (unpaired) electrons. The largest absolute Gasteiger partial charge is 0.491 e. The lowest BCUT2D eigenvalue weighted by Gasteiger charge is -2.16. The van der Waals surface area contributed by atoms with E-state index in [0.29, 0.717) is 24.8 Å². The van der Waals surface area contributed by atoms with Crippen LogP contribution in [-0.2, 0) is 6.54 Å². The Bertz CT molecular complexity index is 710. The highest BCUT2D eigenvalue weighted by atomic mass is 127. The van der Waals surface area contributed by atoms with Crippen molar-refractivity contribution in [3.8, 4) is 5.75 Å². The van der Waals surface area contributed by atoms with Gasteiger partial charge in [-0.25, -0.2) is 4.99 Å². The number of aliphatic imine (C=N–C) groups is 1. The molecule has 1 heterocycles.